The highest BCUT2D eigenvalue weighted by Gasteiger charge is 2.50. The summed E-state index contributed by atoms with van der Waals surface area (Å²) in [5.41, 5.74) is 4.29. The minimum Gasteiger partial charge on any atom is -0.465 e. The summed E-state index contributed by atoms with van der Waals surface area (Å²) in [6.07, 6.45) is 0.597. The van der Waals surface area contributed by atoms with Crippen LogP contribution in [0.4, 0.5) is 19.8 Å². The van der Waals surface area contributed by atoms with Gasteiger partial charge >= 0.3 is 12.1 Å². The quantitative estimate of drug-likeness (QED) is 0.146. The number of aryl methyl sites for hydroxylation is 1. The van der Waals surface area contributed by atoms with Gasteiger partial charge in [-0.3, -0.25) is 15.2 Å². The number of fused-ring (bicyclic) bond motifs is 1. The number of urea groups is 1. The van der Waals surface area contributed by atoms with Crippen molar-refractivity contribution in [2.24, 2.45) is 5.41 Å². The van der Waals surface area contributed by atoms with Crippen molar-refractivity contribution in [3.05, 3.63) is 144 Å². The summed E-state index contributed by atoms with van der Waals surface area (Å²) in [7, 11) is 0. The smallest absolute Gasteiger partial charge is 0.407 e. The monoisotopic (exact) mass is 697 g/mol. The number of rotatable bonds is 7. The maximum Gasteiger partial charge on any atom is 0.407 e. The molecule has 3 N–H and O–H groups in total. The molecule has 264 valence electrons. The predicted molar refractivity (Wildman–Crippen MR) is 199 cm³/mol. The van der Waals surface area contributed by atoms with E-state index in [0.717, 1.165) is 38.2 Å². The Hall–Kier alpha value is -6.10. The zero-order chi connectivity index (χ0) is 36.6. The van der Waals surface area contributed by atoms with Crippen molar-refractivity contribution in [1.82, 2.24) is 30.0 Å². The summed E-state index contributed by atoms with van der Waals surface area (Å²) in [4.78, 5) is 35.6. The summed E-state index contributed by atoms with van der Waals surface area (Å²) >= 11 is 0. The van der Waals surface area contributed by atoms with E-state index in [1.54, 1.807) is 39.2 Å². The lowest BCUT2D eigenvalue weighted by atomic mass is 9.77. The molecule has 1 unspecified atom stereocenters. The molecule has 7 rings (SSSR count). The Bertz CT molecular complexity index is 2130. The zero-order valence-corrected chi connectivity index (χ0v) is 29.4. The Labute approximate surface area is 301 Å². The highest BCUT2D eigenvalue weighted by atomic mass is 19.1. The average molecular weight is 698 g/mol. The molecule has 3 aromatic heterocycles. The van der Waals surface area contributed by atoms with Crippen molar-refractivity contribution in [1.29, 1.82) is 0 Å². The summed E-state index contributed by atoms with van der Waals surface area (Å²) < 4.78 is 17.7. The lowest BCUT2D eigenvalue weighted by Crippen LogP contribution is -2.47. The van der Waals surface area contributed by atoms with Crippen molar-refractivity contribution >= 4 is 28.8 Å². The first-order valence-corrected chi connectivity index (χ1v) is 17.2. The van der Waals surface area contributed by atoms with Gasteiger partial charge in [-0.15, -0.1) is 0 Å². The number of aromatic nitrogens is 4. The molecule has 3 amide bonds. The fourth-order valence-corrected chi connectivity index (χ4v) is 7.55. The standard InChI is InChI=1S/C41H40FN7O3/c1-26-22-27(20-21-43-26)36-31-24-44-34(46-38(50)45-32-25-48(39(51)52)37(35(32)42)40(2,3)4)23-33(31)49(47-36)41(28-14-8-5-9-15-28,29-16-10-6-11-17-29)30-18-12-7-13-19-30/h5-24,32,35,37H,25H2,1-4H3,(H,51,52)(H2,44,45,46,50)/t32-,35-,37?/m1/s1. The van der Waals surface area contributed by atoms with Crippen LogP contribution >= 0.6 is 0 Å². The van der Waals surface area contributed by atoms with Gasteiger partial charge in [0.05, 0.1) is 17.6 Å². The zero-order valence-electron chi connectivity index (χ0n) is 29.4. The number of carboxylic acid groups (broad SMARTS) is 1. The first-order valence-electron chi connectivity index (χ1n) is 17.2. The van der Waals surface area contributed by atoms with Crippen LogP contribution in [0.5, 0.6) is 0 Å². The highest BCUT2D eigenvalue weighted by molar-refractivity contribution is 5.97. The number of alkyl halides is 1. The fourth-order valence-electron chi connectivity index (χ4n) is 7.55. The Morgan fingerprint density at radius 2 is 1.42 bits per heavy atom. The van der Waals surface area contributed by atoms with E-state index in [4.69, 9.17) is 5.10 Å². The first kappa shape index (κ1) is 34.4. The van der Waals surface area contributed by atoms with E-state index in [2.05, 4.69) is 57.0 Å². The largest absolute Gasteiger partial charge is 0.465 e. The number of carbonyl (C=O) groups is 2. The van der Waals surface area contributed by atoms with Crippen molar-refractivity contribution in [3.8, 4) is 11.3 Å². The highest BCUT2D eigenvalue weighted by Crippen LogP contribution is 2.44. The molecular formula is C41H40FN7O3. The van der Waals surface area contributed by atoms with Crippen LogP contribution in [0.3, 0.4) is 0 Å². The van der Waals surface area contributed by atoms with E-state index in [1.807, 2.05) is 78.3 Å². The van der Waals surface area contributed by atoms with E-state index in [9.17, 15) is 14.7 Å². The number of nitrogens with one attached hydrogen (secondary N) is 2. The SMILES string of the molecule is Cc1cc(-c2nn(C(c3ccccc3)(c3ccccc3)c3ccccc3)c3cc(NC(=O)N[C@@H]4CN(C(=O)O)C(C(C)(C)C)[C@@H]4F)ncc23)ccn1. The van der Waals surface area contributed by atoms with Crippen molar-refractivity contribution in [2.45, 2.75) is 51.5 Å². The van der Waals surface area contributed by atoms with Gasteiger partial charge in [0.1, 0.15) is 23.2 Å². The molecule has 3 aromatic carbocycles. The molecule has 11 heteroatoms. The molecule has 1 aliphatic rings. The summed E-state index contributed by atoms with van der Waals surface area (Å²) in [6.45, 7) is 7.11. The number of halogens is 1. The van der Waals surface area contributed by atoms with Crippen LogP contribution in [0, 0.1) is 12.3 Å². The first-order chi connectivity index (χ1) is 25.0. The van der Waals surface area contributed by atoms with Gasteiger partial charge in [-0.05, 0) is 41.2 Å². The second-order valence-corrected chi connectivity index (χ2v) is 14.2. The van der Waals surface area contributed by atoms with Crippen LogP contribution in [-0.2, 0) is 5.54 Å². The summed E-state index contributed by atoms with van der Waals surface area (Å²) in [6, 6.07) is 33.4. The van der Waals surface area contributed by atoms with Crippen molar-refractivity contribution < 1.29 is 19.1 Å². The summed E-state index contributed by atoms with van der Waals surface area (Å²) in [5.74, 6) is 0.211. The van der Waals surface area contributed by atoms with Crippen LogP contribution in [0.2, 0.25) is 0 Å². The molecule has 4 heterocycles. The molecule has 0 bridgehead atoms. The second-order valence-electron chi connectivity index (χ2n) is 14.2. The number of amides is 3. The third-order valence-corrected chi connectivity index (χ3v) is 9.73. The van der Waals surface area contributed by atoms with Crippen LogP contribution in [0.15, 0.2) is 122 Å². The molecule has 0 spiro atoms. The Morgan fingerprint density at radius 3 is 1.92 bits per heavy atom. The molecule has 52 heavy (non-hydrogen) atoms. The molecule has 3 atom stereocenters. The van der Waals surface area contributed by atoms with Gasteiger partial charge in [0.15, 0.2) is 0 Å². The maximum atomic E-state index is 15.7. The van der Waals surface area contributed by atoms with Gasteiger partial charge in [-0.1, -0.05) is 112 Å². The normalized spacial score (nSPS) is 17.6. The number of likely N-dealkylation sites (tertiary alicyclic amines) is 1. The van der Waals surface area contributed by atoms with Gasteiger partial charge in [0.2, 0.25) is 0 Å². The van der Waals surface area contributed by atoms with E-state index < -0.39 is 41.3 Å². The Balaban J connectivity index is 1.38. The molecule has 0 aliphatic carbocycles. The van der Waals surface area contributed by atoms with E-state index in [0.29, 0.717) is 11.2 Å². The number of pyridine rings is 2. The maximum absolute atomic E-state index is 15.7. The number of hydrogen-bond acceptors (Lipinski definition) is 5. The average Bonchev–Trinajstić information content (AvgIpc) is 3.68. The molecule has 0 radical (unpaired) electrons. The second kappa shape index (κ2) is 13.6. The molecule has 10 nitrogen and oxygen atoms in total. The lowest BCUT2D eigenvalue weighted by molar-refractivity contribution is 0.0790. The van der Waals surface area contributed by atoms with Gasteiger partial charge in [0.25, 0.3) is 0 Å². The Kier molecular flexibility index (Phi) is 8.95. The number of anilines is 1. The lowest BCUT2D eigenvalue weighted by Gasteiger charge is -2.37. The predicted octanol–water partition coefficient (Wildman–Crippen LogP) is 7.88. The van der Waals surface area contributed by atoms with Crippen LogP contribution in [-0.4, -0.2) is 66.7 Å². The minimum atomic E-state index is -1.60. The van der Waals surface area contributed by atoms with E-state index in [-0.39, 0.29) is 12.4 Å². The molecule has 1 aliphatic heterocycles. The van der Waals surface area contributed by atoms with Crippen molar-refractivity contribution in [2.75, 3.05) is 11.9 Å². The van der Waals surface area contributed by atoms with Gasteiger partial charge in [-0.25, -0.2) is 23.6 Å². The van der Waals surface area contributed by atoms with Crippen molar-refractivity contribution in [3.63, 3.8) is 0 Å². The number of nitrogens with zero attached hydrogens (tertiary/aromatic N) is 5. The number of benzene rings is 3. The van der Waals surface area contributed by atoms with E-state index >= 15 is 4.39 Å². The van der Waals surface area contributed by atoms with Crippen LogP contribution in [0.25, 0.3) is 22.2 Å². The van der Waals surface area contributed by atoms with Crippen LogP contribution in [0.1, 0.15) is 43.2 Å². The van der Waals surface area contributed by atoms with Gasteiger partial charge in [0, 0.05) is 41.6 Å². The third kappa shape index (κ3) is 6.12. The molecular weight excluding hydrogens is 657 g/mol. The third-order valence-electron chi connectivity index (χ3n) is 9.73. The molecule has 1 fully saturated rings. The summed E-state index contributed by atoms with van der Waals surface area (Å²) in [5, 5.41) is 21.4. The van der Waals surface area contributed by atoms with Gasteiger partial charge in [-0.2, -0.15) is 5.10 Å². The topological polar surface area (TPSA) is 125 Å². The fraction of sp³-hybridized carbons (Fsp3) is 0.244. The molecule has 6 aromatic rings. The van der Waals surface area contributed by atoms with Gasteiger partial charge < -0.3 is 10.4 Å². The van der Waals surface area contributed by atoms with E-state index in [1.165, 1.54) is 0 Å². The molecule has 1 saturated heterocycles. The number of carbonyl (C=O) groups excluding carboxylic acids is 1. The molecule has 0 saturated carbocycles. The number of hydrogen-bond donors (Lipinski definition) is 3. The Morgan fingerprint density at radius 1 is 0.846 bits per heavy atom. The minimum absolute atomic E-state index is 0.173. The van der Waals surface area contributed by atoms with Crippen LogP contribution < -0.4 is 10.6 Å².